The van der Waals surface area contributed by atoms with Gasteiger partial charge in [0.05, 0.1) is 13.2 Å². The number of hydrogen-bond acceptors (Lipinski definition) is 7. The van der Waals surface area contributed by atoms with Gasteiger partial charge in [0, 0.05) is 24.5 Å². The number of nitrogens with zero attached hydrogens (tertiary/aromatic N) is 1. The number of ketones is 1. The molecule has 0 fully saturated rings. The van der Waals surface area contributed by atoms with E-state index in [-0.39, 0.29) is 25.4 Å². The number of ether oxygens (including phenoxy) is 4. The van der Waals surface area contributed by atoms with Crippen LogP contribution in [0.15, 0.2) is 60.7 Å². The number of hydrogen-bond donors (Lipinski definition) is 0. The Morgan fingerprint density at radius 1 is 0.970 bits per heavy atom. The van der Waals surface area contributed by atoms with Crippen LogP contribution in [0.4, 0.5) is 0 Å². The maximum Gasteiger partial charge on any atom is 0.311 e. The van der Waals surface area contributed by atoms with Gasteiger partial charge in [-0.1, -0.05) is 48.5 Å². The van der Waals surface area contributed by atoms with E-state index in [2.05, 4.69) is 6.07 Å². The van der Waals surface area contributed by atoms with Crippen LogP contribution in [0.25, 0.3) is 10.8 Å². The third-order valence-corrected chi connectivity index (χ3v) is 5.45. The summed E-state index contributed by atoms with van der Waals surface area (Å²) in [5.74, 6) is 0.0340. The fourth-order valence-electron chi connectivity index (χ4n) is 3.72. The average Bonchev–Trinajstić information content (AvgIpc) is 2.83. The maximum absolute atomic E-state index is 12.8. The van der Waals surface area contributed by atoms with Crippen LogP contribution in [-0.2, 0) is 19.7 Å². The molecule has 0 saturated heterocycles. The summed E-state index contributed by atoms with van der Waals surface area (Å²) in [6, 6.07) is 20.0. The lowest BCUT2D eigenvalue weighted by Crippen LogP contribution is -2.34. The van der Waals surface area contributed by atoms with Crippen molar-refractivity contribution in [3.05, 3.63) is 66.2 Å². The second-order valence-corrected chi connectivity index (χ2v) is 7.41. The quantitative estimate of drug-likeness (QED) is 0.255. The van der Waals surface area contributed by atoms with Crippen molar-refractivity contribution in [2.45, 2.75) is 25.2 Å². The molecule has 0 aromatic heterocycles. The molecule has 0 bridgehead atoms. The van der Waals surface area contributed by atoms with Gasteiger partial charge >= 0.3 is 5.97 Å². The van der Waals surface area contributed by atoms with Crippen LogP contribution in [0.3, 0.4) is 0 Å². The molecule has 1 atom stereocenters. The summed E-state index contributed by atoms with van der Waals surface area (Å²) in [5, 5.41) is 11.8. The fraction of sp³-hybridized carbons (Fsp3) is 0.269. The van der Waals surface area contributed by atoms with E-state index in [9.17, 15) is 14.9 Å². The smallest absolute Gasteiger partial charge is 0.311 e. The number of rotatable bonds is 10. The third-order valence-electron chi connectivity index (χ3n) is 5.45. The Hall–Kier alpha value is -3.89. The molecule has 7 nitrogen and oxygen atoms in total. The average molecular weight is 447 g/mol. The molecule has 170 valence electrons. The van der Waals surface area contributed by atoms with Gasteiger partial charge in [-0.15, -0.1) is 0 Å². The highest BCUT2D eigenvalue weighted by molar-refractivity contribution is 5.93. The van der Waals surface area contributed by atoms with Gasteiger partial charge in [-0.25, -0.2) is 0 Å². The van der Waals surface area contributed by atoms with Gasteiger partial charge in [-0.3, -0.25) is 9.59 Å². The van der Waals surface area contributed by atoms with Gasteiger partial charge in [0.2, 0.25) is 0 Å². The highest BCUT2D eigenvalue weighted by Gasteiger charge is 2.41. The van der Waals surface area contributed by atoms with E-state index in [4.69, 9.17) is 18.9 Å². The first-order valence-corrected chi connectivity index (χ1v) is 10.4. The summed E-state index contributed by atoms with van der Waals surface area (Å²) < 4.78 is 21.6. The largest absolute Gasteiger partial charge is 0.493 e. The molecular formula is C26H25NO6. The lowest BCUT2D eigenvalue weighted by atomic mass is 9.74. The predicted octanol–water partition coefficient (Wildman–Crippen LogP) is 4.57. The first kappa shape index (κ1) is 23.8. The molecule has 1 unspecified atom stereocenters. The molecule has 3 rings (SSSR count). The molecular weight excluding hydrogens is 422 g/mol. The molecule has 0 N–H and O–H groups in total. The Morgan fingerprint density at radius 3 is 2.36 bits per heavy atom. The third kappa shape index (κ3) is 4.97. The molecule has 0 aliphatic rings. The summed E-state index contributed by atoms with van der Waals surface area (Å²) in [6.45, 7) is 1.22. The molecule has 0 saturated carbocycles. The van der Waals surface area contributed by atoms with E-state index in [1.165, 1.54) is 21.1 Å². The number of fused-ring (bicyclic) bond motifs is 1. The molecule has 0 radical (unpaired) electrons. The van der Waals surface area contributed by atoms with E-state index in [1.54, 1.807) is 30.3 Å². The minimum absolute atomic E-state index is 0.0844. The zero-order valence-corrected chi connectivity index (χ0v) is 18.8. The molecule has 0 amide bonds. The van der Waals surface area contributed by atoms with E-state index in [0.717, 1.165) is 10.8 Å². The van der Waals surface area contributed by atoms with E-state index in [1.807, 2.05) is 30.3 Å². The highest BCUT2D eigenvalue weighted by atomic mass is 16.7. The number of methoxy groups -OCH3 is 2. The Kier molecular flexibility index (Phi) is 7.65. The molecule has 0 spiro atoms. The van der Waals surface area contributed by atoms with Gasteiger partial charge in [0.15, 0.2) is 24.1 Å². The summed E-state index contributed by atoms with van der Waals surface area (Å²) in [7, 11) is 2.92. The SMILES string of the molecule is COCOc1c(OC)cccc1C(C#N)(CCC(=O)Oc1cccc2ccccc12)C(C)=O. The Balaban J connectivity index is 1.89. The summed E-state index contributed by atoms with van der Waals surface area (Å²) in [6.07, 6.45) is -0.240. The van der Waals surface area contributed by atoms with E-state index >= 15 is 0 Å². The van der Waals surface area contributed by atoms with Crippen LogP contribution < -0.4 is 14.2 Å². The van der Waals surface area contributed by atoms with Crippen LogP contribution >= 0.6 is 0 Å². The van der Waals surface area contributed by atoms with E-state index in [0.29, 0.717) is 17.1 Å². The second-order valence-electron chi connectivity index (χ2n) is 7.41. The zero-order chi connectivity index (χ0) is 23.8. The van der Waals surface area contributed by atoms with Crippen molar-refractivity contribution in [1.29, 1.82) is 5.26 Å². The number of para-hydroxylation sites is 1. The van der Waals surface area contributed by atoms with Gasteiger partial charge in [-0.05, 0) is 30.9 Å². The number of Topliss-reactive ketones (excluding diaryl/α,β-unsaturated/α-hetero) is 1. The van der Waals surface area contributed by atoms with Gasteiger partial charge < -0.3 is 18.9 Å². The number of benzene rings is 3. The van der Waals surface area contributed by atoms with Crippen LogP contribution in [-0.4, -0.2) is 32.8 Å². The van der Waals surface area contributed by atoms with Crippen LogP contribution in [0.5, 0.6) is 17.2 Å². The molecule has 0 aliphatic heterocycles. The Morgan fingerprint density at radius 2 is 1.67 bits per heavy atom. The normalized spacial score (nSPS) is 12.4. The molecule has 0 aliphatic carbocycles. The number of nitriles is 1. The van der Waals surface area contributed by atoms with Crippen molar-refractivity contribution in [2.75, 3.05) is 21.0 Å². The van der Waals surface area contributed by atoms with Crippen molar-refractivity contribution < 1.29 is 28.5 Å². The summed E-state index contributed by atoms with van der Waals surface area (Å²) in [4.78, 5) is 25.5. The molecule has 3 aromatic rings. The van der Waals surface area contributed by atoms with Crippen LogP contribution in [0.1, 0.15) is 25.3 Å². The number of carbonyl (C=O) groups excluding carboxylic acids is 2. The first-order chi connectivity index (χ1) is 16.0. The van der Waals surface area contributed by atoms with Crippen molar-refractivity contribution in [2.24, 2.45) is 0 Å². The topological polar surface area (TPSA) is 94.9 Å². The van der Waals surface area contributed by atoms with E-state index < -0.39 is 17.2 Å². The minimum atomic E-state index is -1.63. The lowest BCUT2D eigenvalue weighted by molar-refractivity contribution is -0.134. The van der Waals surface area contributed by atoms with Gasteiger partial charge in [0.25, 0.3) is 0 Å². The van der Waals surface area contributed by atoms with Crippen LogP contribution in [0.2, 0.25) is 0 Å². The summed E-state index contributed by atoms with van der Waals surface area (Å²) >= 11 is 0. The first-order valence-electron chi connectivity index (χ1n) is 10.4. The minimum Gasteiger partial charge on any atom is -0.493 e. The monoisotopic (exact) mass is 447 g/mol. The molecule has 7 heteroatoms. The highest BCUT2D eigenvalue weighted by Crippen LogP contribution is 2.42. The maximum atomic E-state index is 12.8. The predicted molar refractivity (Wildman–Crippen MR) is 122 cm³/mol. The number of esters is 1. The standard InChI is InChI=1S/C26H25NO6/c1-18(28)26(16-27,21-11-7-13-23(31-3)25(21)32-17-30-2)15-14-24(29)33-22-12-6-9-19-8-4-5-10-20(19)22/h4-13H,14-15,17H2,1-3H3. The molecule has 33 heavy (non-hydrogen) atoms. The second kappa shape index (κ2) is 10.6. The number of carbonyl (C=O) groups is 2. The van der Waals surface area contributed by atoms with Crippen molar-refractivity contribution in [3.8, 4) is 23.3 Å². The lowest BCUT2D eigenvalue weighted by Gasteiger charge is -2.27. The van der Waals surface area contributed by atoms with Crippen molar-refractivity contribution in [3.63, 3.8) is 0 Å². The van der Waals surface area contributed by atoms with Crippen molar-refractivity contribution in [1.82, 2.24) is 0 Å². The summed E-state index contributed by atoms with van der Waals surface area (Å²) in [5.41, 5.74) is -1.32. The van der Waals surface area contributed by atoms with Crippen molar-refractivity contribution >= 4 is 22.5 Å². The zero-order valence-electron chi connectivity index (χ0n) is 18.8. The van der Waals surface area contributed by atoms with Crippen LogP contribution in [0, 0.1) is 11.3 Å². The Labute approximate surface area is 192 Å². The molecule has 0 heterocycles. The fourth-order valence-corrected chi connectivity index (χ4v) is 3.72. The van der Waals surface area contributed by atoms with Gasteiger partial charge in [-0.2, -0.15) is 5.26 Å². The Bertz CT molecular complexity index is 1190. The van der Waals surface area contributed by atoms with Gasteiger partial charge in [0.1, 0.15) is 11.2 Å². The molecule has 3 aromatic carbocycles.